The van der Waals surface area contributed by atoms with E-state index in [1.54, 1.807) is 17.0 Å². The summed E-state index contributed by atoms with van der Waals surface area (Å²) in [6.07, 6.45) is 4.58. The lowest BCUT2D eigenvalue weighted by atomic mass is 10.3. The monoisotopic (exact) mass is 293 g/mol. The maximum atomic E-state index is 12.5. The highest BCUT2D eigenvalue weighted by molar-refractivity contribution is 5.71. The Balaban J connectivity index is 1.83. The summed E-state index contributed by atoms with van der Waals surface area (Å²) in [5.74, 6) is 0. The fourth-order valence-electron chi connectivity index (χ4n) is 2.31. The van der Waals surface area contributed by atoms with E-state index in [2.05, 4.69) is 15.1 Å². The molecule has 4 aromatic rings. The van der Waals surface area contributed by atoms with Crippen LogP contribution in [0.3, 0.4) is 0 Å². The summed E-state index contributed by atoms with van der Waals surface area (Å²) in [4.78, 5) is 21.1. The second kappa shape index (κ2) is 4.96. The predicted molar refractivity (Wildman–Crippen MR) is 78.7 cm³/mol. The zero-order chi connectivity index (χ0) is 14.9. The standard InChI is InChI=1S/C15H11N5O2/c21-15-13-14(17-9-19(15)8-11-6-7-22-18-11)20(10-16-13)12-4-2-1-3-5-12/h1-7,9-10H,8H2. The third kappa shape index (κ3) is 1.99. The number of aromatic nitrogens is 5. The fraction of sp³-hybridized carbons (Fsp3) is 0.0667. The first-order valence-electron chi connectivity index (χ1n) is 6.70. The molecule has 0 aliphatic heterocycles. The summed E-state index contributed by atoms with van der Waals surface area (Å²) < 4.78 is 8.02. The van der Waals surface area contributed by atoms with Crippen molar-refractivity contribution in [2.75, 3.05) is 0 Å². The van der Waals surface area contributed by atoms with Gasteiger partial charge in [0.25, 0.3) is 5.56 Å². The van der Waals surface area contributed by atoms with Gasteiger partial charge in [0.2, 0.25) is 0 Å². The van der Waals surface area contributed by atoms with Crippen LogP contribution in [0, 0.1) is 0 Å². The highest BCUT2D eigenvalue weighted by atomic mass is 16.5. The van der Waals surface area contributed by atoms with Crippen LogP contribution >= 0.6 is 0 Å². The Morgan fingerprint density at radius 2 is 1.91 bits per heavy atom. The van der Waals surface area contributed by atoms with E-state index in [1.165, 1.54) is 17.2 Å². The van der Waals surface area contributed by atoms with Crippen molar-refractivity contribution < 1.29 is 4.52 Å². The molecular formula is C15H11N5O2. The van der Waals surface area contributed by atoms with Crippen molar-refractivity contribution in [3.63, 3.8) is 0 Å². The van der Waals surface area contributed by atoms with Crippen LogP contribution in [0.5, 0.6) is 0 Å². The lowest BCUT2D eigenvalue weighted by Crippen LogP contribution is -2.21. The van der Waals surface area contributed by atoms with Gasteiger partial charge < -0.3 is 4.52 Å². The molecule has 0 spiro atoms. The lowest BCUT2D eigenvalue weighted by molar-refractivity contribution is 0.409. The molecule has 0 N–H and O–H groups in total. The van der Waals surface area contributed by atoms with Gasteiger partial charge in [0.15, 0.2) is 11.2 Å². The Hall–Kier alpha value is -3.22. The van der Waals surface area contributed by atoms with Crippen LogP contribution in [0.1, 0.15) is 5.69 Å². The van der Waals surface area contributed by atoms with Gasteiger partial charge in [0.05, 0.1) is 6.54 Å². The van der Waals surface area contributed by atoms with Gasteiger partial charge in [-0.05, 0) is 12.1 Å². The minimum Gasteiger partial charge on any atom is -0.364 e. The minimum absolute atomic E-state index is 0.206. The Kier molecular flexibility index (Phi) is 2.82. The van der Waals surface area contributed by atoms with Gasteiger partial charge in [-0.1, -0.05) is 23.4 Å². The summed E-state index contributed by atoms with van der Waals surface area (Å²) in [6, 6.07) is 11.4. The van der Waals surface area contributed by atoms with E-state index < -0.39 is 0 Å². The normalized spacial score (nSPS) is 11.1. The van der Waals surface area contributed by atoms with Crippen molar-refractivity contribution in [3.8, 4) is 5.69 Å². The van der Waals surface area contributed by atoms with E-state index in [0.717, 1.165) is 5.69 Å². The molecule has 0 saturated carbocycles. The van der Waals surface area contributed by atoms with Crippen LogP contribution in [0.4, 0.5) is 0 Å². The number of imidazole rings is 1. The average Bonchev–Trinajstić information content (AvgIpc) is 3.21. The summed E-state index contributed by atoms with van der Waals surface area (Å²) in [5, 5.41) is 3.80. The molecule has 22 heavy (non-hydrogen) atoms. The molecule has 0 unspecified atom stereocenters. The number of fused-ring (bicyclic) bond motifs is 1. The second-order valence-electron chi connectivity index (χ2n) is 4.79. The summed E-state index contributed by atoms with van der Waals surface area (Å²) >= 11 is 0. The summed E-state index contributed by atoms with van der Waals surface area (Å²) in [6.45, 7) is 0.302. The largest absolute Gasteiger partial charge is 0.364 e. The molecule has 0 radical (unpaired) electrons. The molecule has 7 heteroatoms. The molecular weight excluding hydrogens is 282 g/mol. The van der Waals surface area contributed by atoms with Crippen LogP contribution < -0.4 is 5.56 Å². The minimum atomic E-state index is -0.206. The highest BCUT2D eigenvalue weighted by Gasteiger charge is 2.12. The van der Waals surface area contributed by atoms with Crippen molar-refractivity contribution in [1.82, 2.24) is 24.3 Å². The van der Waals surface area contributed by atoms with Crippen molar-refractivity contribution in [2.24, 2.45) is 0 Å². The maximum absolute atomic E-state index is 12.5. The molecule has 0 aliphatic carbocycles. The molecule has 0 amide bonds. The average molecular weight is 293 g/mol. The zero-order valence-electron chi connectivity index (χ0n) is 11.5. The third-order valence-corrected chi connectivity index (χ3v) is 3.38. The van der Waals surface area contributed by atoms with Gasteiger partial charge in [0.1, 0.15) is 24.6 Å². The Bertz CT molecular complexity index is 970. The third-order valence-electron chi connectivity index (χ3n) is 3.38. The van der Waals surface area contributed by atoms with E-state index in [0.29, 0.717) is 23.4 Å². The van der Waals surface area contributed by atoms with Gasteiger partial charge in [-0.2, -0.15) is 0 Å². The van der Waals surface area contributed by atoms with E-state index in [4.69, 9.17) is 4.52 Å². The van der Waals surface area contributed by atoms with Crippen molar-refractivity contribution in [3.05, 3.63) is 71.4 Å². The summed E-state index contributed by atoms with van der Waals surface area (Å²) in [5.41, 5.74) is 2.22. The fourth-order valence-corrected chi connectivity index (χ4v) is 2.31. The van der Waals surface area contributed by atoms with E-state index in [1.807, 2.05) is 30.3 Å². The van der Waals surface area contributed by atoms with Crippen LogP contribution in [-0.2, 0) is 6.54 Å². The molecule has 0 saturated heterocycles. The van der Waals surface area contributed by atoms with Crippen LogP contribution in [-0.4, -0.2) is 24.3 Å². The number of para-hydroxylation sites is 1. The molecule has 7 nitrogen and oxygen atoms in total. The second-order valence-corrected chi connectivity index (χ2v) is 4.79. The van der Waals surface area contributed by atoms with E-state index >= 15 is 0 Å². The van der Waals surface area contributed by atoms with Crippen LogP contribution in [0.2, 0.25) is 0 Å². The van der Waals surface area contributed by atoms with Crippen molar-refractivity contribution in [1.29, 1.82) is 0 Å². The molecule has 0 bridgehead atoms. The van der Waals surface area contributed by atoms with Crippen molar-refractivity contribution >= 4 is 11.2 Å². The molecule has 0 atom stereocenters. The first-order valence-corrected chi connectivity index (χ1v) is 6.70. The lowest BCUT2D eigenvalue weighted by Gasteiger charge is -2.04. The molecule has 108 valence electrons. The van der Waals surface area contributed by atoms with Crippen LogP contribution in [0.25, 0.3) is 16.9 Å². The van der Waals surface area contributed by atoms with Crippen molar-refractivity contribution in [2.45, 2.75) is 6.54 Å². The number of nitrogens with zero attached hydrogens (tertiary/aromatic N) is 5. The van der Waals surface area contributed by atoms with E-state index in [-0.39, 0.29) is 5.56 Å². The SMILES string of the molecule is O=c1c2ncn(-c3ccccc3)c2ncn1Cc1ccon1. The molecule has 0 fully saturated rings. The quantitative estimate of drug-likeness (QED) is 0.573. The topological polar surface area (TPSA) is 78.7 Å². The van der Waals surface area contributed by atoms with Gasteiger partial charge in [-0.25, -0.2) is 9.97 Å². The van der Waals surface area contributed by atoms with Gasteiger partial charge in [-0.15, -0.1) is 0 Å². The van der Waals surface area contributed by atoms with E-state index in [9.17, 15) is 4.79 Å². The van der Waals surface area contributed by atoms with Crippen LogP contribution in [0.15, 0.2) is 64.6 Å². The first kappa shape index (κ1) is 12.5. The van der Waals surface area contributed by atoms with Gasteiger partial charge in [0, 0.05) is 11.8 Å². The molecule has 1 aromatic carbocycles. The Morgan fingerprint density at radius 1 is 1.05 bits per heavy atom. The molecule has 3 heterocycles. The highest BCUT2D eigenvalue weighted by Crippen LogP contribution is 2.13. The molecule has 4 rings (SSSR count). The smallest absolute Gasteiger partial charge is 0.281 e. The number of hydrogen-bond acceptors (Lipinski definition) is 5. The molecule has 3 aromatic heterocycles. The maximum Gasteiger partial charge on any atom is 0.281 e. The van der Waals surface area contributed by atoms with Gasteiger partial charge >= 0.3 is 0 Å². The van der Waals surface area contributed by atoms with Gasteiger partial charge in [-0.3, -0.25) is 13.9 Å². The Morgan fingerprint density at radius 3 is 2.68 bits per heavy atom. The molecule has 0 aliphatic rings. The number of rotatable bonds is 3. The predicted octanol–water partition coefficient (Wildman–Crippen LogP) is 1.62. The zero-order valence-corrected chi connectivity index (χ0v) is 11.5. The summed E-state index contributed by atoms with van der Waals surface area (Å²) in [7, 11) is 0. The Labute approximate surface area is 124 Å². The first-order chi connectivity index (χ1) is 10.8. The number of hydrogen-bond donors (Lipinski definition) is 0. The number of benzene rings is 1.